The molecule has 3 aromatic heterocycles. The number of methoxy groups -OCH3 is 1. The molecule has 2 bridgehead atoms. The first kappa shape index (κ1) is 21.5. The zero-order valence-corrected chi connectivity index (χ0v) is 19.1. The van der Waals surface area contributed by atoms with E-state index in [2.05, 4.69) is 36.8 Å². The maximum absolute atomic E-state index is 8.88. The maximum atomic E-state index is 8.88. The molecule has 0 amide bonds. The van der Waals surface area contributed by atoms with Gasteiger partial charge in [-0.1, -0.05) is 0 Å². The summed E-state index contributed by atoms with van der Waals surface area (Å²) in [7, 11) is 1.63. The van der Waals surface area contributed by atoms with Gasteiger partial charge in [0.05, 0.1) is 18.7 Å². The van der Waals surface area contributed by atoms with Crippen LogP contribution in [0.4, 0.5) is 17.5 Å². The highest BCUT2D eigenvalue weighted by molar-refractivity contribution is 5.92. The highest BCUT2D eigenvalue weighted by Crippen LogP contribution is 2.38. The number of nitriles is 1. The van der Waals surface area contributed by atoms with Crippen LogP contribution in [0.3, 0.4) is 0 Å². The van der Waals surface area contributed by atoms with E-state index >= 15 is 0 Å². The Morgan fingerprint density at radius 1 is 1.18 bits per heavy atom. The molecule has 0 aromatic carbocycles. The first-order valence-corrected chi connectivity index (χ1v) is 11.7. The van der Waals surface area contributed by atoms with Gasteiger partial charge in [0.25, 0.3) is 0 Å². The molecule has 9 nitrogen and oxygen atoms in total. The van der Waals surface area contributed by atoms with Crippen molar-refractivity contribution in [2.45, 2.75) is 63.6 Å². The van der Waals surface area contributed by atoms with E-state index in [1.807, 2.05) is 31.2 Å². The molecule has 2 saturated heterocycles. The first-order valence-electron chi connectivity index (χ1n) is 11.7. The summed E-state index contributed by atoms with van der Waals surface area (Å²) in [6.45, 7) is 3.00. The minimum absolute atomic E-state index is 0.357. The first-order chi connectivity index (χ1) is 16.1. The molecule has 0 aliphatic carbocycles. The van der Waals surface area contributed by atoms with Gasteiger partial charge in [-0.3, -0.25) is 10.00 Å². The van der Waals surface area contributed by atoms with E-state index in [-0.39, 0.29) is 0 Å². The molecule has 2 fully saturated rings. The van der Waals surface area contributed by atoms with Gasteiger partial charge in [-0.25, -0.2) is 9.97 Å². The topological polar surface area (TPSA) is 115 Å². The number of hydrogen-bond acceptors (Lipinski definition) is 8. The summed E-state index contributed by atoms with van der Waals surface area (Å²) in [4.78, 5) is 12.2. The Kier molecular flexibility index (Phi) is 6.01. The third-order valence-electron chi connectivity index (χ3n) is 6.76. The smallest absolute Gasteiger partial charge is 0.213 e. The minimum Gasteiger partial charge on any atom is -0.481 e. The molecule has 9 heteroatoms. The predicted octanol–water partition coefficient (Wildman–Crippen LogP) is 4.12. The van der Waals surface area contributed by atoms with Gasteiger partial charge in [-0.2, -0.15) is 10.4 Å². The van der Waals surface area contributed by atoms with Crippen molar-refractivity contribution in [1.82, 2.24) is 25.1 Å². The Balaban J connectivity index is 1.38. The number of rotatable bonds is 8. The second-order valence-corrected chi connectivity index (χ2v) is 9.03. The van der Waals surface area contributed by atoms with Crippen molar-refractivity contribution in [3.05, 3.63) is 30.0 Å². The molecule has 172 valence electrons. The molecule has 5 heterocycles. The number of piperidine rings is 1. The lowest BCUT2D eigenvalue weighted by Crippen LogP contribution is -2.47. The molecule has 33 heavy (non-hydrogen) atoms. The van der Waals surface area contributed by atoms with Crippen LogP contribution >= 0.6 is 0 Å². The van der Waals surface area contributed by atoms with Crippen molar-refractivity contribution < 1.29 is 4.74 Å². The van der Waals surface area contributed by atoms with Crippen molar-refractivity contribution >= 4 is 28.4 Å². The maximum Gasteiger partial charge on any atom is 0.213 e. The average molecular weight is 447 g/mol. The molecule has 5 rings (SSSR count). The van der Waals surface area contributed by atoms with Crippen molar-refractivity contribution in [3.63, 3.8) is 0 Å². The van der Waals surface area contributed by atoms with Crippen molar-refractivity contribution in [3.8, 4) is 11.9 Å². The average Bonchev–Trinajstić information content (AvgIpc) is 3.32. The number of unbranched alkanes of at least 4 members (excludes halogenated alkanes) is 1. The summed E-state index contributed by atoms with van der Waals surface area (Å²) >= 11 is 0. The quantitative estimate of drug-likeness (QED) is 0.443. The van der Waals surface area contributed by atoms with Crippen molar-refractivity contribution in [2.75, 3.05) is 24.3 Å². The fraction of sp³-hybridized carbons (Fsp3) is 0.500. The lowest BCUT2D eigenvalue weighted by Gasteiger charge is -2.39. The highest BCUT2D eigenvalue weighted by Gasteiger charge is 2.40. The second-order valence-electron chi connectivity index (χ2n) is 9.03. The van der Waals surface area contributed by atoms with Crippen LogP contribution in [0, 0.1) is 18.3 Å². The number of hydrogen-bond donors (Lipinski definition) is 3. The number of aryl methyl sites for hydroxylation is 1. The SMILES string of the molecule is COc1ccc2c(NC3C[C@H]4CC[C@@H](C3)N4CCCC#N)nc(Nc3cc(C)[nH]n3)cc2n1. The molecule has 2 aliphatic heterocycles. The third-order valence-corrected chi connectivity index (χ3v) is 6.76. The van der Waals surface area contributed by atoms with Crippen molar-refractivity contribution in [2.24, 2.45) is 0 Å². The Morgan fingerprint density at radius 3 is 2.70 bits per heavy atom. The van der Waals surface area contributed by atoms with Gasteiger partial charge >= 0.3 is 0 Å². The summed E-state index contributed by atoms with van der Waals surface area (Å²) < 4.78 is 5.35. The van der Waals surface area contributed by atoms with Gasteiger partial charge in [-0.15, -0.1) is 0 Å². The zero-order valence-electron chi connectivity index (χ0n) is 19.1. The number of anilines is 3. The van der Waals surface area contributed by atoms with E-state index in [1.54, 1.807) is 7.11 Å². The van der Waals surface area contributed by atoms with Gasteiger partial charge in [0.2, 0.25) is 5.88 Å². The van der Waals surface area contributed by atoms with E-state index in [0.29, 0.717) is 36.2 Å². The van der Waals surface area contributed by atoms with Gasteiger partial charge in [-0.05, 0) is 51.6 Å². The zero-order chi connectivity index (χ0) is 22.8. The molecule has 3 N–H and O–H groups in total. The molecule has 0 radical (unpaired) electrons. The minimum atomic E-state index is 0.357. The van der Waals surface area contributed by atoms with Crippen LogP contribution in [-0.4, -0.2) is 56.8 Å². The van der Waals surface area contributed by atoms with E-state index in [4.69, 9.17) is 15.0 Å². The number of fused-ring (bicyclic) bond motifs is 3. The normalized spacial score (nSPS) is 22.3. The number of nitrogens with one attached hydrogen (secondary N) is 3. The van der Waals surface area contributed by atoms with Gasteiger partial charge in [0, 0.05) is 53.8 Å². The number of nitrogens with zero attached hydrogens (tertiary/aromatic N) is 5. The van der Waals surface area contributed by atoms with E-state index in [1.165, 1.54) is 12.8 Å². The van der Waals surface area contributed by atoms with Gasteiger partial charge in [0.1, 0.15) is 11.6 Å². The highest BCUT2D eigenvalue weighted by atomic mass is 16.5. The molecular weight excluding hydrogens is 416 g/mol. The number of aromatic nitrogens is 4. The summed E-state index contributed by atoms with van der Waals surface area (Å²) in [5.74, 6) is 2.82. The summed E-state index contributed by atoms with van der Waals surface area (Å²) in [5.41, 5.74) is 1.80. The number of H-pyrrole nitrogens is 1. The van der Waals surface area contributed by atoms with E-state index < -0.39 is 0 Å². The lowest BCUT2D eigenvalue weighted by molar-refractivity contribution is 0.131. The molecule has 0 spiro atoms. The van der Waals surface area contributed by atoms with Crippen LogP contribution in [-0.2, 0) is 0 Å². The number of ether oxygens (including phenoxy) is 1. The van der Waals surface area contributed by atoms with Crippen LogP contribution in [0.2, 0.25) is 0 Å². The molecular formula is C24H30N8O. The lowest BCUT2D eigenvalue weighted by atomic mass is 9.96. The van der Waals surface area contributed by atoms with Crippen LogP contribution < -0.4 is 15.4 Å². The summed E-state index contributed by atoms with van der Waals surface area (Å²) in [5, 5.41) is 24.1. The second kappa shape index (κ2) is 9.24. The van der Waals surface area contributed by atoms with Crippen LogP contribution in [0.5, 0.6) is 5.88 Å². The van der Waals surface area contributed by atoms with Crippen LogP contribution in [0.25, 0.3) is 10.9 Å². The predicted molar refractivity (Wildman–Crippen MR) is 128 cm³/mol. The number of pyridine rings is 2. The largest absolute Gasteiger partial charge is 0.481 e. The van der Waals surface area contributed by atoms with Gasteiger partial charge in [0.15, 0.2) is 5.82 Å². The van der Waals surface area contributed by atoms with Crippen LogP contribution in [0.15, 0.2) is 24.3 Å². The molecule has 3 aromatic rings. The molecule has 3 atom stereocenters. The number of aromatic amines is 1. The molecule has 0 saturated carbocycles. The molecule has 1 unspecified atom stereocenters. The Hall–Kier alpha value is -3.38. The summed E-state index contributed by atoms with van der Waals surface area (Å²) in [6, 6.07) is 11.6. The third kappa shape index (κ3) is 4.57. The van der Waals surface area contributed by atoms with Gasteiger partial charge < -0.3 is 15.4 Å². The monoisotopic (exact) mass is 446 g/mol. The van der Waals surface area contributed by atoms with E-state index in [0.717, 1.165) is 54.0 Å². The standard InChI is InChI=1S/C24H30N8O/c1-15-11-22(31-30-15)28-21-14-20-19(7-8-23(27-20)33-2)24(29-21)26-16-12-17-5-6-18(13-16)32(17)10-4-3-9-25/h7-8,11,14,16-18H,3-6,10,12-13H2,1-2H3,(H3,26,28,29,30,31)/t16?,17-,18+. The van der Waals surface area contributed by atoms with E-state index in [9.17, 15) is 0 Å². The Bertz CT molecular complexity index is 1150. The Labute approximate surface area is 193 Å². The van der Waals surface area contributed by atoms with Crippen molar-refractivity contribution in [1.29, 1.82) is 5.26 Å². The van der Waals surface area contributed by atoms with Crippen LogP contribution in [0.1, 0.15) is 44.2 Å². The summed E-state index contributed by atoms with van der Waals surface area (Å²) in [6.07, 6.45) is 6.25. The fourth-order valence-corrected chi connectivity index (χ4v) is 5.30. The fourth-order valence-electron chi connectivity index (χ4n) is 5.30. The molecule has 2 aliphatic rings. The Morgan fingerprint density at radius 2 is 2.00 bits per heavy atom.